The van der Waals surface area contributed by atoms with Crippen LogP contribution < -0.4 is 5.32 Å². The summed E-state index contributed by atoms with van der Waals surface area (Å²) in [6.45, 7) is 4.01. The Kier molecular flexibility index (Phi) is 6.54. The molecule has 38 heavy (non-hydrogen) atoms. The molecule has 4 heterocycles. The maximum absolute atomic E-state index is 13.5. The fraction of sp³-hybridized carbons (Fsp3) is 0.333. The van der Waals surface area contributed by atoms with Crippen molar-refractivity contribution in [3.63, 3.8) is 0 Å². The standard InChI is InChI=1S/C30H32N6O2/c1-20-14-21(16-24-18-32-34-29(20)24)15-23(26-7-4-5-11-31-26)17-28(37)35-12-9-25(10-13-35)36-19-22-6-2-3-8-27(22)33-30(36)38/h2-8,11,14,16,18,23,25H,9-10,12-13,15,17,19H2,1H3,(H,32,34)(H,33,38). The fourth-order valence-electron chi connectivity index (χ4n) is 5.90. The van der Waals surface area contributed by atoms with Crippen LogP contribution >= 0.6 is 0 Å². The Balaban J connectivity index is 1.12. The van der Waals surface area contributed by atoms with Crippen molar-refractivity contribution in [2.75, 3.05) is 18.4 Å². The van der Waals surface area contributed by atoms with Crippen LogP contribution in [0.25, 0.3) is 10.9 Å². The Morgan fingerprint density at radius 3 is 2.74 bits per heavy atom. The predicted octanol–water partition coefficient (Wildman–Crippen LogP) is 5.02. The van der Waals surface area contributed by atoms with Crippen LogP contribution in [-0.2, 0) is 17.8 Å². The number of hydrogen-bond donors (Lipinski definition) is 2. The van der Waals surface area contributed by atoms with Crippen molar-refractivity contribution < 1.29 is 9.59 Å². The Hall–Kier alpha value is -4.20. The summed E-state index contributed by atoms with van der Waals surface area (Å²) in [6.07, 6.45) is 6.34. The number of rotatable bonds is 6. The van der Waals surface area contributed by atoms with Gasteiger partial charge in [-0.1, -0.05) is 30.3 Å². The van der Waals surface area contributed by atoms with E-state index in [4.69, 9.17) is 0 Å². The molecule has 2 aromatic heterocycles. The first-order valence-electron chi connectivity index (χ1n) is 13.3. The molecule has 2 N–H and O–H groups in total. The maximum Gasteiger partial charge on any atom is 0.322 e. The normalized spacial score (nSPS) is 16.8. The molecule has 0 radical (unpaired) electrons. The SMILES string of the molecule is Cc1cc(CC(CC(=O)N2CCC(N3Cc4ccccc4NC3=O)CC2)c2ccccn2)cc2cn[nH]c12. The van der Waals surface area contributed by atoms with Crippen LogP contribution in [0.3, 0.4) is 0 Å². The third-order valence-electron chi connectivity index (χ3n) is 7.93. The highest BCUT2D eigenvalue weighted by atomic mass is 16.2. The molecule has 1 atom stereocenters. The third-order valence-corrected chi connectivity index (χ3v) is 7.93. The van der Waals surface area contributed by atoms with Crippen molar-refractivity contribution in [1.82, 2.24) is 25.0 Å². The number of fused-ring (bicyclic) bond motifs is 2. The highest BCUT2D eigenvalue weighted by Gasteiger charge is 2.33. The lowest BCUT2D eigenvalue weighted by Gasteiger charge is -2.40. The second-order valence-corrected chi connectivity index (χ2v) is 10.4. The van der Waals surface area contributed by atoms with Gasteiger partial charge in [0.15, 0.2) is 0 Å². The number of likely N-dealkylation sites (tertiary alicyclic amines) is 1. The first-order chi connectivity index (χ1) is 18.5. The number of nitrogens with one attached hydrogen (secondary N) is 2. The minimum atomic E-state index is -0.0476. The van der Waals surface area contributed by atoms with Crippen molar-refractivity contribution in [3.8, 4) is 0 Å². The first kappa shape index (κ1) is 24.2. The largest absolute Gasteiger partial charge is 0.343 e. The average molecular weight is 509 g/mol. The van der Waals surface area contributed by atoms with E-state index in [1.54, 1.807) is 6.20 Å². The molecule has 2 aromatic carbocycles. The van der Waals surface area contributed by atoms with Crippen molar-refractivity contribution in [2.45, 2.75) is 51.1 Å². The Labute approximate surface area is 222 Å². The predicted molar refractivity (Wildman–Crippen MR) is 147 cm³/mol. The van der Waals surface area contributed by atoms with Crippen molar-refractivity contribution in [2.24, 2.45) is 0 Å². The molecule has 0 spiro atoms. The summed E-state index contributed by atoms with van der Waals surface area (Å²) < 4.78 is 0. The van der Waals surface area contributed by atoms with Crippen LogP contribution in [0.2, 0.25) is 0 Å². The minimum absolute atomic E-state index is 0.0189. The molecule has 1 unspecified atom stereocenters. The number of urea groups is 1. The van der Waals surface area contributed by atoms with Gasteiger partial charge in [-0.15, -0.1) is 0 Å². The summed E-state index contributed by atoms with van der Waals surface area (Å²) in [4.78, 5) is 34.8. The number of aromatic amines is 1. The number of pyridine rings is 1. The average Bonchev–Trinajstić information content (AvgIpc) is 3.42. The Bertz CT molecular complexity index is 1460. The van der Waals surface area contributed by atoms with Gasteiger partial charge in [-0.25, -0.2) is 4.79 Å². The van der Waals surface area contributed by atoms with Crippen molar-refractivity contribution >= 4 is 28.5 Å². The van der Waals surface area contributed by atoms with Gasteiger partial charge in [0, 0.05) is 61.0 Å². The molecule has 2 aliphatic heterocycles. The van der Waals surface area contributed by atoms with Crippen LogP contribution in [0.1, 0.15) is 47.6 Å². The van der Waals surface area contributed by atoms with Crippen molar-refractivity contribution in [3.05, 3.63) is 89.4 Å². The number of piperidine rings is 1. The van der Waals surface area contributed by atoms with E-state index in [9.17, 15) is 9.59 Å². The van der Waals surface area contributed by atoms with Gasteiger partial charge < -0.3 is 15.1 Å². The van der Waals surface area contributed by atoms with Crippen LogP contribution in [0, 0.1) is 6.92 Å². The zero-order valence-corrected chi connectivity index (χ0v) is 21.6. The maximum atomic E-state index is 13.5. The highest BCUT2D eigenvalue weighted by molar-refractivity contribution is 5.92. The van der Waals surface area contributed by atoms with Gasteiger partial charge in [0.25, 0.3) is 0 Å². The summed E-state index contributed by atoms with van der Waals surface area (Å²) in [5.41, 5.74) is 6.33. The van der Waals surface area contributed by atoms with Gasteiger partial charge in [-0.05, 0) is 67.1 Å². The second-order valence-electron chi connectivity index (χ2n) is 10.4. The smallest absolute Gasteiger partial charge is 0.322 e. The van der Waals surface area contributed by atoms with Gasteiger partial charge in [0.05, 0.1) is 11.7 Å². The quantitative estimate of drug-likeness (QED) is 0.382. The summed E-state index contributed by atoms with van der Waals surface area (Å²) in [5, 5.41) is 11.3. The number of amides is 3. The molecule has 8 heteroatoms. The molecule has 2 aliphatic rings. The zero-order valence-electron chi connectivity index (χ0n) is 21.6. The second kappa shape index (κ2) is 10.3. The lowest BCUT2D eigenvalue weighted by molar-refractivity contribution is -0.133. The van der Waals surface area contributed by atoms with E-state index in [2.05, 4.69) is 45.6 Å². The number of aryl methyl sites for hydroxylation is 1. The number of nitrogens with zero attached hydrogens (tertiary/aromatic N) is 4. The number of anilines is 1. The summed E-state index contributed by atoms with van der Waals surface area (Å²) in [6, 6.07) is 18.3. The molecule has 6 rings (SSSR count). The van der Waals surface area contributed by atoms with Gasteiger partial charge in [-0.2, -0.15) is 5.10 Å². The molecule has 0 bridgehead atoms. The van der Waals surface area contributed by atoms with Crippen LogP contribution in [-0.4, -0.2) is 56.1 Å². The molecular formula is C30H32N6O2. The zero-order chi connectivity index (χ0) is 26.1. The number of H-pyrrole nitrogens is 1. The molecular weight excluding hydrogens is 476 g/mol. The number of hydrogen-bond acceptors (Lipinski definition) is 4. The number of carbonyl (C=O) groups excluding carboxylic acids is 2. The molecule has 1 saturated heterocycles. The topological polar surface area (TPSA) is 94.2 Å². The lowest BCUT2D eigenvalue weighted by atomic mass is 9.90. The molecule has 3 amide bonds. The molecule has 0 saturated carbocycles. The summed E-state index contributed by atoms with van der Waals surface area (Å²) >= 11 is 0. The Morgan fingerprint density at radius 2 is 1.92 bits per heavy atom. The monoisotopic (exact) mass is 508 g/mol. The Morgan fingerprint density at radius 1 is 1.11 bits per heavy atom. The van der Waals surface area contributed by atoms with Crippen LogP contribution in [0.5, 0.6) is 0 Å². The third kappa shape index (κ3) is 4.86. The highest BCUT2D eigenvalue weighted by Crippen LogP contribution is 2.30. The number of carbonyl (C=O) groups is 2. The molecule has 8 nitrogen and oxygen atoms in total. The van der Waals surface area contributed by atoms with E-state index in [0.717, 1.165) is 52.7 Å². The minimum Gasteiger partial charge on any atom is -0.343 e. The number of aromatic nitrogens is 3. The van der Waals surface area contributed by atoms with E-state index in [-0.39, 0.29) is 23.9 Å². The number of para-hydroxylation sites is 1. The fourth-order valence-corrected chi connectivity index (χ4v) is 5.90. The summed E-state index contributed by atoms with van der Waals surface area (Å²) in [5.74, 6) is 0.128. The van der Waals surface area contributed by atoms with E-state index in [1.807, 2.05) is 52.4 Å². The lowest BCUT2D eigenvalue weighted by Crippen LogP contribution is -2.51. The molecule has 4 aromatic rings. The summed E-state index contributed by atoms with van der Waals surface area (Å²) in [7, 11) is 0. The van der Waals surface area contributed by atoms with Crippen molar-refractivity contribution in [1.29, 1.82) is 0 Å². The molecule has 0 aliphatic carbocycles. The van der Waals surface area contributed by atoms with Crippen LogP contribution in [0.15, 0.2) is 67.0 Å². The van der Waals surface area contributed by atoms with E-state index < -0.39 is 0 Å². The first-order valence-corrected chi connectivity index (χ1v) is 13.3. The number of benzene rings is 2. The van der Waals surface area contributed by atoms with Gasteiger partial charge >= 0.3 is 6.03 Å². The van der Waals surface area contributed by atoms with Gasteiger partial charge in [-0.3, -0.25) is 14.9 Å². The van der Waals surface area contributed by atoms with E-state index in [1.165, 1.54) is 5.56 Å². The molecule has 194 valence electrons. The van der Waals surface area contributed by atoms with E-state index in [0.29, 0.717) is 26.1 Å². The van der Waals surface area contributed by atoms with Gasteiger partial charge in [0.2, 0.25) is 5.91 Å². The van der Waals surface area contributed by atoms with E-state index >= 15 is 0 Å². The van der Waals surface area contributed by atoms with Gasteiger partial charge in [0.1, 0.15) is 0 Å². The molecule has 1 fully saturated rings. The van der Waals surface area contributed by atoms with Crippen LogP contribution in [0.4, 0.5) is 10.5 Å².